The first-order valence-electron chi connectivity index (χ1n) is 9.38. The van der Waals surface area contributed by atoms with Crippen molar-refractivity contribution in [2.45, 2.75) is 57.7 Å². The number of hydrogen-bond donors (Lipinski definition) is 2. The second-order valence-electron chi connectivity index (χ2n) is 7.41. The molecular weight excluding hydrogens is 310 g/mol. The normalized spacial score (nSPS) is 37.5. The first kappa shape index (κ1) is 17.8. The minimum atomic E-state index is -0.525. The molecule has 0 aromatic rings. The number of aliphatic hydroxyl groups excluding tert-OH is 2. The predicted molar refractivity (Wildman–Crippen MR) is 86.9 cm³/mol. The van der Waals surface area contributed by atoms with E-state index in [2.05, 4.69) is 6.92 Å². The van der Waals surface area contributed by atoms with Crippen LogP contribution in [-0.4, -0.2) is 58.9 Å². The van der Waals surface area contributed by atoms with Gasteiger partial charge in [0, 0.05) is 31.6 Å². The van der Waals surface area contributed by atoms with Gasteiger partial charge in [0.1, 0.15) is 0 Å². The van der Waals surface area contributed by atoms with E-state index in [1.54, 1.807) is 0 Å². The van der Waals surface area contributed by atoms with Crippen LogP contribution in [0, 0.1) is 23.7 Å². The number of imide groups is 1. The zero-order valence-electron chi connectivity index (χ0n) is 14.4. The van der Waals surface area contributed by atoms with E-state index >= 15 is 0 Å². The van der Waals surface area contributed by atoms with Crippen LogP contribution in [0.3, 0.4) is 0 Å². The van der Waals surface area contributed by atoms with E-state index in [4.69, 9.17) is 4.74 Å². The van der Waals surface area contributed by atoms with Crippen molar-refractivity contribution in [3.05, 3.63) is 0 Å². The lowest BCUT2D eigenvalue weighted by Crippen LogP contribution is -2.44. The van der Waals surface area contributed by atoms with E-state index in [1.807, 2.05) is 0 Å². The van der Waals surface area contributed by atoms with Crippen LogP contribution >= 0.6 is 0 Å². The highest BCUT2D eigenvalue weighted by atomic mass is 16.6. The second-order valence-corrected chi connectivity index (χ2v) is 7.41. The van der Waals surface area contributed by atoms with Gasteiger partial charge in [-0.05, 0) is 6.42 Å². The van der Waals surface area contributed by atoms with Crippen molar-refractivity contribution < 1.29 is 24.5 Å². The fourth-order valence-electron chi connectivity index (χ4n) is 4.61. The Labute approximate surface area is 143 Å². The summed E-state index contributed by atoms with van der Waals surface area (Å²) in [5, 5.41) is 19.3. The molecule has 0 aromatic carbocycles. The predicted octanol–water partition coefficient (Wildman–Crippen LogP) is 0.946. The lowest BCUT2D eigenvalue weighted by Gasteiger charge is -2.31. The summed E-state index contributed by atoms with van der Waals surface area (Å²) < 4.78 is 5.55. The summed E-state index contributed by atoms with van der Waals surface area (Å²) in [5.41, 5.74) is 0. The van der Waals surface area contributed by atoms with Gasteiger partial charge in [0.15, 0.2) is 0 Å². The molecule has 3 aliphatic rings. The van der Waals surface area contributed by atoms with Crippen molar-refractivity contribution in [3.63, 3.8) is 0 Å². The maximum Gasteiger partial charge on any atom is 0.233 e. The van der Waals surface area contributed by atoms with Gasteiger partial charge in [0.25, 0.3) is 0 Å². The molecule has 2 N–H and O–H groups in total. The van der Waals surface area contributed by atoms with Gasteiger partial charge in [-0.25, -0.2) is 0 Å². The van der Waals surface area contributed by atoms with Crippen molar-refractivity contribution in [3.8, 4) is 0 Å². The molecule has 0 unspecified atom stereocenters. The number of aliphatic hydroxyl groups is 2. The highest BCUT2D eigenvalue weighted by molar-refractivity contribution is 6.05. The van der Waals surface area contributed by atoms with Crippen LogP contribution in [0.25, 0.3) is 0 Å². The van der Waals surface area contributed by atoms with E-state index < -0.39 is 11.8 Å². The Kier molecular flexibility index (Phi) is 5.57. The number of carbonyl (C=O) groups excluding carboxylic acids is 2. The number of hydrogen-bond acceptors (Lipinski definition) is 5. The van der Waals surface area contributed by atoms with Crippen molar-refractivity contribution >= 4 is 11.8 Å². The molecule has 24 heavy (non-hydrogen) atoms. The van der Waals surface area contributed by atoms with Gasteiger partial charge < -0.3 is 14.9 Å². The molecule has 1 saturated carbocycles. The summed E-state index contributed by atoms with van der Waals surface area (Å²) in [6.07, 6.45) is 6.24. The molecule has 6 nitrogen and oxygen atoms in total. The summed E-state index contributed by atoms with van der Waals surface area (Å²) in [5.74, 6) is -2.02. The summed E-state index contributed by atoms with van der Waals surface area (Å²) in [6, 6.07) is 0. The molecule has 6 atom stereocenters. The van der Waals surface area contributed by atoms with Gasteiger partial charge in [-0.1, -0.05) is 39.0 Å². The molecule has 0 aromatic heterocycles. The van der Waals surface area contributed by atoms with E-state index in [1.165, 1.54) is 24.2 Å². The summed E-state index contributed by atoms with van der Waals surface area (Å²) >= 11 is 0. The number of unbranched alkanes of at least 4 members (excludes halogenated alkanes) is 5. The van der Waals surface area contributed by atoms with Gasteiger partial charge >= 0.3 is 0 Å². The van der Waals surface area contributed by atoms with Crippen LogP contribution in [-0.2, 0) is 14.3 Å². The maximum absolute atomic E-state index is 12.8. The summed E-state index contributed by atoms with van der Waals surface area (Å²) in [7, 11) is 0. The largest absolute Gasteiger partial charge is 0.396 e. The number of likely N-dealkylation sites (tertiary alicyclic amines) is 1. The highest BCUT2D eigenvalue weighted by Crippen LogP contribution is 2.53. The lowest BCUT2D eigenvalue weighted by molar-refractivity contribution is -0.140. The summed E-state index contributed by atoms with van der Waals surface area (Å²) in [6.45, 7) is 2.34. The number of amides is 2. The number of ether oxygens (including phenoxy) is 1. The Bertz CT molecular complexity index is 448. The summed E-state index contributed by atoms with van der Waals surface area (Å²) in [4.78, 5) is 26.9. The quantitative estimate of drug-likeness (QED) is 0.371. The molecule has 2 heterocycles. The van der Waals surface area contributed by atoms with Crippen molar-refractivity contribution in [1.82, 2.24) is 4.90 Å². The van der Waals surface area contributed by atoms with E-state index in [0.29, 0.717) is 6.54 Å². The van der Waals surface area contributed by atoms with E-state index in [9.17, 15) is 19.8 Å². The van der Waals surface area contributed by atoms with Crippen molar-refractivity contribution in [2.24, 2.45) is 23.7 Å². The number of carbonyl (C=O) groups is 2. The third-order valence-corrected chi connectivity index (χ3v) is 5.97. The molecule has 3 fully saturated rings. The smallest absolute Gasteiger partial charge is 0.233 e. The number of epoxide rings is 1. The van der Waals surface area contributed by atoms with Gasteiger partial charge in [-0.2, -0.15) is 0 Å². The highest BCUT2D eigenvalue weighted by Gasteiger charge is 2.67. The van der Waals surface area contributed by atoms with E-state index in [0.717, 1.165) is 19.3 Å². The molecule has 1 aliphatic carbocycles. The fourth-order valence-corrected chi connectivity index (χ4v) is 4.61. The molecule has 3 rings (SSSR count). The van der Waals surface area contributed by atoms with Crippen LogP contribution in [0.2, 0.25) is 0 Å². The zero-order valence-corrected chi connectivity index (χ0v) is 14.4. The van der Waals surface area contributed by atoms with Crippen LogP contribution in [0.1, 0.15) is 45.4 Å². The first-order chi connectivity index (χ1) is 11.7. The van der Waals surface area contributed by atoms with Gasteiger partial charge in [-0.3, -0.25) is 14.5 Å². The van der Waals surface area contributed by atoms with Crippen LogP contribution in [0.5, 0.6) is 0 Å². The van der Waals surface area contributed by atoms with Gasteiger partial charge in [0.2, 0.25) is 11.8 Å². The van der Waals surface area contributed by atoms with Crippen molar-refractivity contribution in [1.29, 1.82) is 0 Å². The Morgan fingerprint density at radius 3 is 1.88 bits per heavy atom. The standard InChI is InChI=1S/C18H29NO5/c1-2-3-4-5-6-7-8-19-17(22)13-11(9-20)15-16(24-15)12(10-21)14(13)18(19)23/h11-16,20-21H,2-10H2,1H3/t11-,12+,13-,14+,15-,16+. The molecular formula is C18H29NO5. The molecule has 2 saturated heterocycles. The van der Waals surface area contributed by atoms with Gasteiger partial charge in [-0.15, -0.1) is 0 Å². The minimum Gasteiger partial charge on any atom is -0.396 e. The fraction of sp³-hybridized carbons (Fsp3) is 0.889. The lowest BCUT2D eigenvalue weighted by atomic mass is 9.68. The Morgan fingerprint density at radius 2 is 1.38 bits per heavy atom. The monoisotopic (exact) mass is 339 g/mol. The zero-order chi connectivity index (χ0) is 17.3. The van der Waals surface area contributed by atoms with Crippen LogP contribution in [0.15, 0.2) is 0 Å². The van der Waals surface area contributed by atoms with Crippen LogP contribution in [0.4, 0.5) is 0 Å². The molecule has 2 amide bonds. The number of nitrogens with zero attached hydrogens (tertiary/aromatic N) is 1. The van der Waals surface area contributed by atoms with Gasteiger partial charge in [0.05, 0.1) is 24.0 Å². The molecule has 0 spiro atoms. The van der Waals surface area contributed by atoms with Crippen LogP contribution < -0.4 is 0 Å². The average Bonchev–Trinajstić information content (AvgIpc) is 3.33. The molecule has 0 bridgehead atoms. The average molecular weight is 339 g/mol. The van der Waals surface area contributed by atoms with E-state index in [-0.39, 0.29) is 49.1 Å². The molecule has 2 aliphatic heterocycles. The molecule has 0 radical (unpaired) electrons. The third-order valence-electron chi connectivity index (χ3n) is 5.97. The Morgan fingerprint density at radius 1 is 0.875 bits per heavy atom. The van der Waals surface area contributed by atoms with Crippen molar-refractivity contribution in [2.75, 3.05) is 19.8 Å². The molecule has 136 valence electrons. The topological polar surface area (TPSA) is 90.4 Å². The number of rotatable bonds is 9. The maximum atomic E-state index is 12.8. The first-order valence-corrected chi connectivity index (χ1v) is 9.38. The molecule has 6 heteroatoms. The minimum absolute atomic E-state index is 0.148. The SMILES string of the molecule is CCCCCCCCN1C(=O)[C@@H]2[C@@H](CO)[C@H]3O[C@H]3[C@@H](CO)[C@@H]2C1=O. The second kappa shape index (κ2) is 7.50. The Balaban J connectivity index is 1.62. The Hall–Kier alpha value is -0.980. The third kappa shape index (κ3) is 3.00. The number of fused-ring (bicyclic) bond motifs is 2.